The molecule has 1 aromatic rings. The van der Waals surface area contributed by atoms with Gasteiger partial charge in [0.25, 0.3) is 0 Å². The molecule has 0 aliphatic carbocycles. The second kappa shape index (κ2) is 4.63. The van der Waals surface area contributed by atoms with E-state index >= 15 is 0 Å². The Morgan fingerprint density at radius 1 is 1.69 bits per heavy atom. The number of furan rings is 1. The molecule has 68 valence electrons. The van der Waals surface area contributed by atoms with Gasteiger partial charge in [0.05, 0.1) is 11.5 Å². The normalized spacial score (nSPS) is 9.46. The first-order chi connectivity index (χ1) is 6.24. The molecule has 13 heavy (non-hydrogen) atoms. The maximum absolute atomic E-state index is 10.4. The third-order valence-corrected chi connectivity index (χ3v) is 2.16. The summed E-state index contributed by atoms with van der Waals surface area (Å²) >= 11 is 1.51. The van der Waals surface area contributed by atoms with Gasteiger partial charge in [-0.25, -0.2) is 4.79 Å². The summed E-state index contributed by atoms with van der Waals surface area (Å²) in [6.45, 7) is 0. The number of hydrogen-bond acceptors (Lipinski definition) is 3. The number of thioether (sulfide) groups is 1. The van der Waals surface area contributed by atoms with Crippen molar-refractivity contribution >= 4 is 17.7 Å². The van der Waals surface area contributed by atoms with Crippen LogP contribution in [-0.2, 0) is 5.75 Å². The Kier molecular flexibility index (Phi) is 3.47. The van der Waals surface area contributed by atoms with Crippen molar-refractivity contribution in [3.63, 3.8) is 0 Å². The summed E-state index contributed by atoms with van der Waals surface area (Å²) < 4.78 is 5.00. The minimum Gasteiger partial charge on any atom is -0.475 e. The lowest BCUT2D eigenvalue weighted by Gasteiger charge is -1.92. The number of hydrogen-bond donors (Lipinski definition) is 1. The van der Waals surface area contributed by atoms with E-state index in [9.17, 15) is 4.79 Å². The molecule has 0 saturated carbocycles. The standard InChI is InChI=1S/C9H8O3S/c1-2-5-13-6-7-3-4-8(12-7)9(10)11/h1,3-4H,5-6H2,(H,10,11). The van der Waals surface area contributed by atoms with E-state index in [0.29, 0.717) is 17.3 Å². The molecule has 0 atom stereocenters. The first-order valence-electron chi connectivity index (χ1n) is 3.57. The van der Waals surface area contributed by atoms with Crippen molar-refractivity contribution in [2.75, 3.05) is 5.75 Å². The Bertz CT molecular complexity index is 335. The monoisotopic (exact) mass is 196 g/mol. The third-order valence-electron chi connectivity index (χ3n) is 1.30. The van der Waals surface area contributed by atoms with Gasteiger partial charge in [-0.15, -0.1) is 18.2 Å². The van der Waals surface area contributed by atoms with Gasteiger partial charge in [-0.05, 0) is 12.1 Å². The van der Waals surface area contributed by atoms with Crippen LogP contribution in [0.15, 0.2) is 16.5 Å². The summed E-state index contributed by atoms with van der Waals surface area (Å²) in [5, 5.41) is 8.54. The number of carboxylic acid groups (broad SMARTS) is 1. The average Bonchev–Trinajstić information content (AvgIpc) is 2.53. The van der Waals surface area contributed by atoms with Crippen molar-refractivity contribution in [2.45, 2.75) is 5.75 Å². The third kappa shape index (κ3) is 2.88. The van der Waals surface area contributed by atoms with E-state index < -0.39 is 5.97 Å². The zero-order valence-electron chi connectivity index (χ0n) is 6.82. The van der Waals surface area contributed by atoms with Crippen LogP contribution in [-0.4, -0.2) is 16.8 Å². The fraction of sp³-hybridized carbons (Fsp3) is 0.222. The van der Waals surface area contributed by atoms with Crippen molar-refractivity contribution in [3.8, 4) is 12.3 Å². The average molecular weight is 196 g/mol. The Morgan fingerprint density at radius 3 is 3.00 bits per heavy atom. The second-order valence-corrected chi connectivity index (χ2v) is 3.25. The van der Waals surface area contributed by atoms with Crippen LogP contribution in [0.1, 0.15) is 16.3 Å². The molecular weight excluding hydrogens is 188 g/mol. The SMILES string of the molecule is C#CCSCc1ccc(C(=O)O)o1. The lowest BCUT2D eigenvalue weighted by atomic mass is 10.4. The molecule has 0 fully saturated rings. The van der Waals surface area contributed by atoms with Crippen molar-refractivity contribution in [1.29, 1.82) is 0 Å². The highest BCUT2D eigenvalue weighted by Gasteiger charge is 2.07. The molecule has 0 radical (unpaired) electrons. The largest absolute Gasteiger partial charge is 0.475 e. The molecule has 0 unspecified atom stereocenters. The first kappa shape index (κ1) is 9.75. The van der Waals surface area contributed by atoms with E-state index in [4.69, 9.17) is 15.9 Å². The predicted octanol–water partition coefficient (Wildman–Crippen LogP) is 1.84. The van der Waals surface area contributed by atoms with Crippen molar-refractivity contribution in [1.82, 2.24) is 0 Å². The fourth-order valence-corrected chi connectivity index (χ4v) is 1.36. The number of carbonyl (C=O) groups is 1. The molecule has 1 heterocycles. The Labute approximate surface area is 80.1 Å². The molecule has 3 nitrogen and oxygen atoms in total. The van der Waals surface area contributed by atoms with Crippen LogP contribution in [0.5, 0.6) is 0 Å². The van der Waals surface area contributed by atoms with E-state index in [2.05, 4.69) is 5.92 Å². The van der Waals surface area contributed by atoms with Gasteiger partial charge in [0.2, 0.25) is 5.76 Å². The van der Waals surface area contributed by atoms with E-state index in [0.717, 1.165) is 0 Å². The molecule has 1 N–H and O–H groups in total. The van der Waals surface area contributed by atoms with Crippen LogP contribution in [0.4, 0.5) is 0 Å². The summed E-state index contributed by atoms with van der Waals surface area (Å²) in [6, 6.07) is 3.08. The molecule has 1 rings (SSSR count). The van der Waals surface area contributed by atoms with Gasteiger partial charge in [-0.1, -0.05) is 5.92 Å². The summed E-state index contributed by atoms with van der Waals surface area (Å²) in [5.41, 5.74) is 0. The number of aromatic carboxylic acids is 1. The Morgan fingerprint density at radius 2 is 2.46 bits per heavy atom. The van der Waals surface area contributed by atoms with Crippen LogP contribution in [0.2, 0.25) is 0 Å². The van der Waals surface area contributed by atoms with E-state index in [1.54, 1.807) is 6.07 Å². The predicted molar refractivity (Wildman–Crippen MR) is 50.7 cm³/mol. The number of rotatable bonds is 4. The quantitative estimate of drug-likeness (QED) is 0.589. The van der Waals surface area contributed by atoms with Crippen LogP contribution in [0.3, 0.4) is 0 Å². The summed E-state index contributed by atoms with van der Waals surface area (Å²) in [7, 11) is 0. The van der Waals surface area contributed by atoms with Gasteiger partial charge in [0.15, 0.2) is 0 Å². The lowest BCUT2D eigenvalue weighted by molar-refractivity contribution is 0.0661. The molecule has 0 aliphatic rings. The molecule has 0 aromatic carbocycles. The fourth-order valence-electron chi connectivity index (χ4n) is 0.781. The molecule has 0 aliphatic heterocycles. The van der Waals surface area contributed by atoms with E-state index in [-0.39, 0.29) is 5.76 Å². The van der Waals surface area contributed by atoms with E-state index in [1.807, 2.05) is 0 Å². The first-order valence-corrected chi connectivity index (χ1v) is 4.72. The number of terminal acetylenes is 1. The lowest BCUT2D eigenvalue weighted by Crippen LogP contribution is -1.91. The molecule has 0 saturated heterocycles. The molecular formula is C9H8O3S. The maximum atomic E-state index is 10.4. The van der Waals surface area contributed by atoms with Crippen molar-refractivity contribution in [2.24, 2.45) is 0 Å². The number of carboxylic acids is 1. The van der Waals surface area contributed by atoms with Crippen molar-refractivity contribution in [3.05, 3.63) is 23.7 Å². The van der Waals surface area contributed by atoms with Crippen molar-refractivity contribution < 1.29 is 14.3 Å². The van der Waals surface area contributed by atoms with Gasteiger partial charge in [-0.3, -0.25) is 0 Å². The second-order valence-electron chi connectivity index (χ2n) is 2.27. The molecule has 0 spiro atoms. The highest BCUT2D eigenvalue weighted by Crippen LogP contribution is 2.14. The minimum absolute atomic E-state index is 0.0312. The Hall–Kier alpha value is -1.34. The van der Waals surface area contributed by atoms with Gasteiger partial charge in [-0.2, -0.15) is 0 Å². The highest BCUT2D eigenvalue weighted by molar-refractivity contribution is 7.98. The summed E-state index contributed by atoms with van der Waals surface area (Å²) in [4.78, 5) is 10.4. The molecule has 0 amide bonds. The maximum Gasteiger partial charge on any atom is 0.371 e. The minimum atomic E-state index is -1.05. The van der Waals surface area contributed by atoms with Crippen LogP contribution >= 0.6 is 11.8 Å². The van der Waals surface area contributed by atoms with Crippen LogP contribution in [0, 0.1) is 12.3 Å². The highest BCUT2D eigenvalue weighted by atomic mass is 32.2. The summed E-state index contributed by atoms with van der Waals surface area (Å²) in [6.07, 6.45) is 5.05. The van der Waals surface area contributed by atoms with E-state index in [1.165, 1.54) is 17.8 Å². The van der Waals surface area contributed by atoms with Gasteiger partial charge >= 0.3 is 5.97 Å². The van der Waals surface area contributed by atoms with Gasteiger partial charge < -0.3 is 9.52 Å². The molecule has 4 heteroatoms. The molecule has 0 bridgehead atoms. The van der Waals surface area contributed by atoms with Crippen LogP contribution in [0.25, 0.3) is 0 Å². The Balaban J connectivity index is 2.50. The summed E-state index contributed by atoms with van der Waals surface area (Å²) in [5.74, 6) is 3.24. The van der Waals surface area contributed by atoms with Gasteiger partial charge in [0.1, 0.15) is 5.76 Å². The van der Waals surface area contributed by atoms with Gasteiger partial charge in [0, 0.05) is 0 Å². The topological polar surface area (TPSA) is 50.4 Å². The van der Waals surface area contributed by atoms with Crippen LogP contribution < -0.4 is 0 Å². The molecule has 1 aromatic heterocycles. The zero-order chi connectivity index (χ0) is 9.68. The smallest absolute Gasteiger partial charge is 0.371 e. The zero-order valence-corrected chi connectivity index (χ0v) is 7.63.